The number of unbranched alkanes of at least 4 members (excludes halogenated alkanes) is 1. The van der Waals surface area contributed by atoms with Crippen LogP contribution in [0.2, 0.25) is 0 Å². The molecular weight excluding hydrogens is 588 g/mol. The lowest BCUT2D eigenvalue weighted by Crippen LogP contribution is -2.23. The fourth-order valence-corrected chi connectivity index (χ4v) is 6.99. The Morgan fingerprint density at radius 3 is 1.91 bits per heavy atom. The van der Waals surface area contributed by atoms with E-state index in [9.17, 15) is 22.0 Å². The maximum Gasteiger partial charge on any atom is 0.573 e. The number of alkyl halides is 3. The maximum atomic E-state index is 15.8. The van der Waals surface area contributed by atoms with Gasteiger partial charge in [-0.3, -0.25) is 0 Å². The van der Waals surface area contributed by atoms with E-state index in [1.807, 2.05) is 6.92 Å². The molecule has 9 heteroatoms. The summed E-state index contributed by atoms with van der Waals surface area (Å²) >= 11 is 0. The van der Waals surface area contributed by atoms with Gasteiger partial charge in [0.05, 0.1) is 0 Å². The number of benzene rings is 3. The van der Waals surface area contributed by atoms with Gasteiger partial charge >= 0.3 is 6.36 Å². The normalized spacial score (nSPS) is 20.4. The summed E-state index contributed by atoms with van der Waals surface area (Å²) in [4.78, 5) is 0. The SMILES string of the molecule is CCCCc1ccc(CCC2CCc3c(F)c(C4CCC(c5ccc(OC(F)(F)F)cc5)CC4)c(F)c(F)c3C2)c(F)c1F. The van der Waals surface area contributed by atoms with Gasteiger partial charge in [-0.05, 0) is 128 Å². The zero-order valence-electron chi connectivity index (χ0n) is 24.6. The second kappa shape index (κ2) is 13.5. The van der Waals surface area contributed by atoms with Gasteiger partial charge in [-0.1, -0.05) is 37.6 Å². The third-order valence-electron chi connectivity index (χ3n) is 9.44. The summed E-state index contributed by atoms with van der Waals surface area (Å²) in [5, 5.41) is 0. The van der Waals surface area contributed by atoms with Crippen LogP contribution in [0.5, 0.6) is 5.75 Å². The lowest BCUT2D eigenvalue weighted by molar-refractivity contribution is -0.274. The van der Waals surface area contributed by atoms with Gasteiger partial charge in [-0.25, -0.2) is 22.0 Å². The van der Waals surface area contributed by atoms with E-state index < -0.39 is 41.4 Å². The Kier molecular flexibility index (Phi) is 9.90. The molecule has 2 aliphatic rings. The highest BCUT2D eigenvalue weighted by molar-refractivity contribution is 5.41. The molecule has 0 bridgehead atoms. The summed E-state index contributed by atoms with van der Waals surface area (Å²) in [6.07, 6.45) is 0.880. The molecule has 44 heavy (non-hydrogen) atoms. The van der Waals surface area contributed by atoms with Crippen LogP contribution in [0, 0.1) is 35.0 Å². The molecule has 0 aromatic heterocycles. The lowest BCUT2D eigenvalue weighted by atomic mass is 9.73. The van der Waals surface area contributed by atoms with Crippen LogP contribution in [-0.4, -0.2) is 6.36 Å². The average molecular weight is 625 g/mol. The van der Waals surface area contributed by atoms with Crippen LogP contribution in [-0.2, 0) is 25.7 Å². The molecule has 3 aromatic carbocycles. The molecule has 5 rings (SSSR count). The van der Waals surface area contributed by atoms with Gasteiger partial charge < -0.3 is 4.74 Å². The largest absolute Gasteiger partial charge is 0.573 e. The highest BCUT2D eigenvalue weighted by Crippen LogP contribution is 2.45. The molecule has 1 atom stereocenters. The molecule has 1 fully saturated rings. The first-order chi connectivity index (χ1) is 21.0. The molecule has 0 amide bonds. The van der Waals surface area contributed by atoms with E-state index in [0.29, 0.717) is 50.5 Å². The summed E-state index contributed by atoms with van der Waals surface area (Å²) in [5.41, 5.74) is 1.45. The predicted molar refractivity (Wildman–Crippen MR) is 152 cm³/mol. The molecule has 0 saturated heterocycles. The average Bonchev–Trinajstić information content (AvgIpc) is 3.00. The Balaban J connectivity index is 1.23. The van der Waals surface area contributed by atoms with E-state index in [1.54, 1.807) is 24.3 Å². The minimum atomic E-state index is -4.78. The summed E-state index contributed by atoms with van der Waals surface area (Å²) < 4.78 is 117. The van der Waals surface area contributed by atoms with E-state index in [2.05, 4.69) is 4.74 Å². The van der Waals surface area contributed by atoms with Gasteiger partial charge in [-0.15, -0.1) is 13.2 Å². The van der Waals surface area contributed by atoms with Crippen LogP contribution < -0.4 is 4.74 Å². The standard InChI is InChI=1S/C35H36F8O/c1-2-3-4-24-12-13-25(31(37)30(24)36)7-5-20-6-18-27-28(19-20)33(39)34(40)29(32(27)38)23-10-8-21(9-11-23)22-14-16-26(17-15-22)44-35(41,42)43/h12-17,20-21,23H,2-11,18-19H2,1H3. The Morgan fingerprint density at radius 1 is 0.682 bits per heavy atom. The van der Waals surface area contributed by atoms with Crippen LogP contribution in [0.4, 0.5) is 35.1 Å². The van der Waals surface area contributed by atoms with Crippen LogP contribution in [0.3, 0.4) is 0 Å². The Bertz CT molecular complexity index is 1460. The quantitative estimate of drug-likeness (QED) is 0.170. The second-order valence-electron chi connectivity index (χ2n) is 12.2. The number of ether oxygens (including phenoxy) is 1. The van der Waals surface area contributed by atoms with Crippen molar-refractivity contribution in [1.29, 1.82) is 0 Å². The molecule has 1 saturated carbocycles. The van der Waals surface area contributed by atoms with Gasteiger partial charge in [0.25, 0.3) is 0 Å². The van der Waals surface area contributed by atoms with Crippen molar-refractivity contribution in [3.05, 3.63) is 98.9 Å². The summed E-state index contributed by atoms with van der Waals surface area (Å²) in [6.45, 7) is 1.98. The van der Waals surface area contributed by atoms with Gasteiger partial charge in [0.2, 0.25) is 0 Å². The first-order valence-electron chi connectivity index (χ1n) is 15.5. The molecule has 3 aromatic rings. The summed E-state index contributed by atoms with van der Waals surface area (Å²) in [5.74, 6) is -5.49. The van der Waals surface area contributed by atoms with Crippen molar-refractivity contribution < 1.29 is 39.9 Å². The highest BCUT2D eigenvalue weighted by Gasteiger charge is 2.35. The minimum absolute atomic E-state index is 0.00592. The zero-order valence-corrected chi connectivity index (χ0v) is 24.6. The van der Waals surface area contributed by atoms with Gasteiger partial charge in [0.1, 0.15) is 11.6 Å². The van der Waals surface area contributed by atoms with Crippen molar-refractivity contribution in [1.82, 2.24) is 0 Å². The van der Waals surface area contributed by atoms with Gasteiger partial charge in [0.15, 0.2) is 23.3 Å². The maximum absolute atomic E-state index is 15.8. The highest BCUT2D eigenvalue weighted by atomic mass is 19.4. The predicted octanol–water partition coefficient (Wildman–Crippen LogP) is 10.8. The van der Waals surface area contributed by atoms with Crippen LogP contribution in [0.15, 0.2) is 36.4 Å². The number of hydrogen-bond donors (Lipinski definition) is 0. The van der Waals surface area contributed by atoms with E-state index in [0.717, 1.165) is 18.4 Å². The van der Waals surface area contributed by atoms with Crippen LogP contribution in [0.25, 0.3) is 0 Å². The van der Waals surface area contributed by atoms with E-state index >= 15 is 13.2 Å². The molecule has 0 aliphatic heterocycles. The third-order valence-corrected chi connectivity index (χ3v) is 9.44. The summed E-state index contributed by atoms with van der Waals surface area (Å²) in [6, 6.07) is 8.84. The van der Waals surface area contributed by atoms with E-state index in [4.69, 9.17) is 0 Å². The van der Waals surface area contributed by atoms with Crippen molar-refractivity contribution in [2.24, 2.45) is 5.92 Å². The molecule has 0 heterocycles. The van der Waals surface area contributed by atoms with Crippen molar-refractivity contribution in [2.75, 3.05) is 0 Å². The number of rotatable bonds is 9. The Morgan fingerprint density at radius 2 is 1.30 bits per heavy atom. The smallest absolute Gasteiger partial charge is 0.406 e. The molecule has 0 spiro atoms. The molecule has 0 N–H and O–H groups in total. The lowest BCUT2D eigenvalue weighted by Gasteiger charge is -2.32. The molecule has 0 radical (unpaired) electrons. The van der Waals surface area contributed by atoms with Crippen molar-refractivity contribution in [3.63, 3.8) is 0 Å². The molecule has 1 nitrogen and oxygen atoms in total. The van der Waals surface area contributed by atoms with Crippen LogP contribution >= 0.6 is 0 Å². The fourth-order valence-electron chi connectivity index (χ4n) is 6.99. The molecule has 238 valence electrons. The fraction of sp³-hybridized carbons (Fsp3) is 0.486. The zero-order chi connectivity index (χ0) is 31.6. The number of fused-ring (bicyclic) bond motifs is 1. The number of hydrogen-bond acceptors (Lipinski definition) is 1. The van der Waals surface area contributed by atoms with E-state index in [1.165, 1.54) is 12.1 Å². The first-order valence-corrected chi connectivity index (χ1v) is 15.5. The van der Waals surface area contributed by atoms with Crippen molar-refractivity contribution in [3.8, 4) is 5.75 Å². The number of aryl methyl sites for hydroxylation is 2. The van der Waals surface area contributed by atoms with Crippen molar-refractivity contribution in [2.45, 2.75) is 102 Å². The Labute approximate surface area is 252 Å². The molecular formula is C35H36F8O. The summed E-state index contributed by atoms with van der Waals surface area (Å²) in [7, 11) is 0. The molecule has 1 unspecified atom stereocenters. The molecule has 2 aliphatic carbocycles. The van der Waals surface area contributed by atoms with Crippen LogP contribution in [0.1, 0.15) is 104 Å². The second-order valence-corrected chi connectivity index (χ2v) is 12.2. The first kappa shape index (κ1) is 32.3. The van der Waals surface area contributed by atoms with Gasteiger partial charge in [0, 0.05) is 5.56 Å². The topological polar surface area (TPSA) is 9.23 Å². The monoisotopic (exact) mass is 624 g/mol. The van der Waals surface area contributed by atoms with Crippen molar-refractivity contribution >= 4 is 0 Å². The number of halogens is 8. The Hall–Kier alpha value is -3.10. The third kappa shape index (κ3) is 7.07. The van der Waals surface area contributed by atoms with Gasteiger partial charge in [-0.2, -0.15) is 0 Å². The van der Waals surface area contributed by atoms with E-state index in [-0.39, 0.29) is 59.1 Å². The minimum Gasteiger partial charge on any atom is -0.406 e.